The van der Waals surface area contributed by atoms with Gasteiger partial charge in [-0.25, -0.2) is 4.98 Å². The van der Waals surface area contributed by atoms with Crippen molar-refractivity contribution in [3.05, 3.63) is 64.0 Å². The van der Waals surface area contributed by atoms with Gasteiger partial charge in [0, 0.05) is 38.3 Å². The van der Waals surface area contributed by atoms with E-state index in [1.54, 1.807) is 6.07 Å². The van der Waals surface area contributed by atoms with Crippen LogP contribution in [0, 0.1) is 17.0 Å². The van der Waals surface area contributed by atoms with Crippen molar-refractivity contribution in [1.82, 2.24) is 14.9 Å². The molecule has 156 valence electrons. The fourth-order valence-corrected chi connectivity index (χ4v) is 3.75. The molecule has 1 saturated heterocycles. The summed E-state index contributed by atoms with van der Waals surface area (Å²) in [6, 6.07) is 12.3. The summed E-state index contributed by atoms with van der Waals surface area (Å²) in [5.74, 6) is 0.539. The van der Waals surface area contributed by atoms with Gasteiger partial charge < -0.3 is 19.5 Å². The maximum Gasteiger partial charge on any atom is 0.270 e. The Morgan fingerprint density at radius 1 is 1.23 bits per heavy atom. The van der Waals surface area contributed by atoms with E-state index in [4.69, 9.17) is 4.74 Å². The van der Waals surface area contributed by atoms with Crippen molar-refractivity contribution in [2.45, 2.75) is 13.5 Å². The van der Waals surface area contributed by atoms with E-state index in [0.29, 0.717) is 50.6 Å². The molecule has 9 nitrogen and oxygen atoms in total. The summed E-state index contributed by atoms with van der Waals surface area (Å²) in [5.41, 5.74) is 2.81. The number of ether oxygens (including phenoxy) is 1. The van der Waals surface area contributed by atoms with Crippen molar-refractivity contribution in [1.29, 1.82) is 0 Å². The molecule has 2 aromatic carbocycles. The van der Waals surface area contributed by atoms with Crippen LogP contribution in [0.25, 0.3) is 11.0 Å². The Morgan fingerprint density at radius 2 is 2.00 bits per heavy atom. The van der Waals surface area contributed by atoms with Crippen molar-refractivity contribution in [2.24, 2.45) is 0 Å². The SMILES string of the molecule is Cc1nc2ccccc2n1CCNC(=O)c1cc([N+](=O)[O-])ccc1N1CCOCC1. The Morgan fingerprint density at radius 3 is 2.77 bits per heavy atom. The molecular formula is C21H23N5O4. The normalized spacial score (nSPS) is 14.1. The highest BCUT2D eigenvalue weighted by molar-refractivity contribution is 6.00. The van der Waals surface area contributed by atoms with Gasteiger partial charge in [-0.2, -0.15) is 0 Å². The minimum absolute atomic E-state index is 0.103. The Balaban J connectivity index is 1.52. The highest BCUT2D eigenvalue weighted by Crippen LogP contribution is 2.26. The number of hydrogen-bond donors (Lipinski definition) is 1. The molecule has 1 aromatic heterocycles. The zero-order chi connectivity index (χ0) is 21.1. The molecule has 0 atom stereocenters. The van der Waals surface area contributed by atoms with E-state index < -0.39 is 4.92 Å². The lowest BCUT2D eigenvalue weighted by atomic mass is 10.1. The number of carbonyl (C=O) groups excluding carboxylic acids is 1. The van der Waals surface area contributed by atoms with Crippen LogP contribution >= 0.6 is 0 Å². The summed E-state index contributed by atoms with van der Waals surface area (Å²) in [6.45, 7) is 5.26. The topological polar surface area (TPSA) is 103 Å². The summed E-state index contributed by atoms with van der Waals surface area (Å²) in [7, 11) is 0. The number of aryl methyl sites for hydroxylation is 1. The second-order valence-corrected chi connectivity index (χ2v) is 7.11. The number of morpholine rings is 1. The van der Waals surface area contributed by atoms with E-state index in [0.717, 1.165) is 16.9 Å². The Bertz CT molecular complexity index is 1090. The minimum Gasteiger partial charge on any atom is -0.378 e. The highest BCUT2D eigenvalue weighted by atomic mass is 16.6. The Hall–Kier alpha value is -3.46. The molecule has 1 fully saturated rings. The zero-order valence-corrected chi connectivity index (χ0v) is 16.7. The van der Waals surface area contributed by atoms with Crippen LogP contribution in [-0.4, -0.2) is 53.2 Å². The van der Waals surface area contributed by atoms with Crippen LogP contribution in [0.4, 0.5) is 11.4 Å². The van der Waals surface area contributed by atoms with Gasteiger partial charge in [-0.05, 0) is 25.1 Å². The fourth-order valence-electron chi connectivity index (χ4n) is 3.75. The number of nitrogens with zero attached hydrogens (tertiary/aromatic N) is 4. The molecule has 1 aliphatic rings. The number of nitro benzene ring substituents is 1. The average molecular weight is 409 g/mol. The molecule has 0 spiro atoms. The number of nitro groups is 1. The van der Waals surface area contributed by atoms with Gasteiger partial charge in [0.2, 0.25) is 0 Å². The van der Waals surface area contributed by atoms with E-state index in [1.165, 1.54) is 12.1 Å². The van der Waals surface area contributed by atoms with Gasteiger partial charge >= 0.3 is 0 Å². The van der Waals surface area contributed by atoms with E-state index in [1.807, 2.05) is 40.7 Å². The number of carbonyl (C=O) groups is 1. The Kier molecular flexibility index (Phi) is 5.62. The molecule has 4 rings (SSSR count). The predicted octanol–water partition coefficient (Wildman–Crippen LogP) is 2.52. The maximum atomic E-state index is 12.9. The van der Waals surface area contributed by atoms with Gasteiger partial charge in [-0.15, -0.1) is 0 Å². The van der Waals surface area contributed by atoms with Crippen molar-refractivity contribution in [3.63, 3.8) is 0 Å². The molecule has 30 heavy (non-hydrogen) atoms. The lowest BCUT2D eigenvalue weighted by Crippen LogP contribution is -2.38. The summed E-state index contributed by atoms with van der Waals surface area (Å²) < 4.78 is 7.42. The van der Waals surface area contributed by atoms with Gasteiger partial charge in [0.1, 0.15) is 5.82 Å². The number of anilines is 1. The maximum absolute atomic E-state index is 12.9. The second-order valence-electron chi connectivity index (χ2n) is 7.11. The molecule has 0 aliphatic carbocycles. The summed E-state index contributed by atoms with van der Waals surface area (Å²) in [5, 5.41) is 14.1. The van der Waals surface area contributed by atoms with Crippen LogP contribution in [0.3, 0.4) is 0 Å². The number of amides is 1. The van der Waals surface area contributed by atoms with E-state index >= 15 is 0 Å². The van der Waals surface area contributed by atoms with Crippen LogP contribution in [0.15, 0.2) is 42.5 Å². The molecule has 0 bridgehead atoms. The molecule has 0 radical (unpaired) electrons. The molecular weight excluding hydrogens is 386 g/mol. The monoisotopic (exact) mass is 409 g/mol. The smallest absolute Gasteiger partial charge is 0.270 e. The summed E-state index contributed by atoms with van der Waals surface area (Å²) in [4.78, 5) is 30.2. The lowest BCUT2D eigenvalue weighted by Gasteiger charge is -2.30. The number of nitrogens with one attached hydrogen (secondary N) is 1. The van der Waals surface area contributed by atoms with Crippen molar-refractivity contribution < 1.29 is 14.5 Å². The van der Waals surface area contributed by atoms with E-state index in [9.17, 15) is 14.9 Å². The van der Waals surface area contributed by atoms with Crippen molar-refractivity contribution in [2.75, 3.05) is 37.7 Å². The Labute approximate surface area is 173 Å². The van der Waals surface area contributed by atoms with Crippen LogP contribution < -0.4 is 10.2 Å². The van der Waals surface area contributed by atoms with Crippen molar-refractivity contribution >= 4 is 28.3 Å². The molecule has 2 heterocycles. The summed E-state index contributed by atoms with van der Waals surface area (Å²) >= 11 is 0. The van der Waals surface area contributed by atoms with Gasteiger partial charge in [0.25, 0.3) is 11.6 Å². The van der Waals surface area contributed by atoms with Crippen LogP contribution in [-0.2, 0) is 11.3 Å². The number of para-hydroxylation sites is 2. The number of fused-ring (bicyclic) bond motifs is 1. The first-order valence-corrected chi connectivity index (χ1v) is 9.86. The molecule has 1 aliphatic heterocycles. The number of hydrogen-bond acceptors (Lipinski definition) is 6. The largest absolute Gasteiger partial charge is 0.378 e. The molecule has 0 unspecified atom stereocenters. The van der Waals surface area contributed by atoms with Crippen LogP contribution in [0.1, 0.15) is 16.2 Å². The van der Waals surface area contributed by atoms with E-state index in [2.05, 4.69) is 10.3 Å². The van der Waals surface area contributed by atoms with Crippen LogP contribution in [0.5, 0.6) is 0 Å². The first-order chi connectivity index (χ1) is 14.5. The second kappa shape index (κ2) is 8.50. The molecule has 3 aromatic rings. The van der Waals surface area contributed by atoms with E-state index in [-0.39, 0.29) is 11.6 Å². The molecule has 1 amide bonds. The highest BCUT2D eigenvalue weighted by Gasteiger charge is 2.22. The fraction of sp³-hybridized carbons (Fsp3) is 0.333. The number of aromatic nitrogens is 2. The number of non-ortho nitro benzene ring substituents is 1. The van der Waals surface area contributed by atoms with Crippen molar-refractivity contribution in [3.8, 4) is 0 Å². The third kappa shape index (κ3) is 3.97. The zero-order valence-electron chi connectivity index (χ0n) is 16.7. The predicted molar refractivity (Wildman–Crippen MR) is 113 cm³/mol. The third-order valence-corrected chi connectivity index (χ3v) is 5.25. The lowest BCUT2D eigenvalue weighted by molar-refractivity contribution is -0.384. The molecule has 0 saturated carbocycles. The molecule has 1 N–H and O–H groups in total. The first kappa shape index (κ1) is 19.8. The molecule has 9 heteroatoms. The van der Waals surface area contributed by atoms with Gasteiger partial charge in [-0.3, -0.25) is 14.9 Å². The van der Waals surface area contributed by atoms with Gasteiger partial charge in [0.05, 0.1) is 40.4 Å². The number of benzene rings is 2. The van der Waals surface area contributed by atoms with Gasteiger partial charge in [0.15, 0.2) is 0 Å². The van der Waals surface area contributed by atoms with Crippen LogP contribution in [0.2, 0.25) is 0 Å². The standard InChI is InChI=1S/C21H23N5O4/c1-15-23-18-4-2-3-5-20(18)25(15)9-8-22-21(27)17-14-16(26(28)29)6-7-19(17)24-10-12-30-13-11-24/h2-7,14H,8-13H2,1H3,(H,22,27). The third-order valence-electron chi connectivity index (χ3n) is 5.25. The minimum atomic E-state index is -0.485. The average Bonchev–Trinajstić information content (AvgIpc) is 3.09. The first-order valence-electron chi connectivity index (χ1n) is 9.86. The quantitative estimate of drug-likeness (QED) is 0.496. The number of imidazole rings is 1. The summed E-state index contributed by atoms with van der Waals surface area (Å²) in [6.07, 6.45) is 0. The van der Waals surface area contributed by atoms with Gasteiger partial charge in [-0.1, -0.05) is 12.1 Å². The number of rotatable bonds is 6.